The van der Waals surface area contributed by atoms with Gasteiger partial charge in [-0.05, 0) is 33.3 Å². The molecule has 0 aromatic carbocycles. The normalized spacial score (nSPS) is 18.7. The van der Waals surface area contributed by atoms with Gasteiger partial charge in [-0.15, -0.1) is 0 Å². The molecule has 0 spiro atoms. The number of allylic oxidation sites excluding steroid dienone is 1. The minimum absolute atomic E-state index is 0.293. The average molecular weight is 233 g/mol. The van der Waals surface area contributed by atoms with Crippen LogP contribution in [0, 0.1) is 5.41 Å². The number of rotatable bonds is 3. The zero-order valence-electron chi connectivity index (χ0n) is 10.9. The van der Waals surface area contributed by atoms with Crippen molar-refractivity contribution in [1.29, 1.82) is 0 Å². The molecule has 4 nitrogen and oxygen atoms in total. The monoisotopic (exact) mass is 233 g/mol. The molecule has 0 unspecified atom stereocenters. The average Bonchev–Trinajstić information content (AvgIpc) is 2.79. The summed E-state index contributed by atoms with van der Waals surface area (Å²) in [5.41, 5.74) is 1.56. The molecule has 0 atom stereocenters. The van der Waals surface area contributed by atoms with E-state index in [-0.39, 0.29) is 5.41 Å². The summed E-state index contributed by atoms with van der Waals surface area (Å²) in [5, 5.41) is 14.6. The Kier molecular flexibility index (Phi) is 2.81. The topological polar surface area (TPSA) is 50.4 Å². The molecule has 1 N–H and O–H groups in total. The smallest absolute Gasteiger partial charge is 0.192 e. The van der Waals surface area contributed by atoms with Gasteiger partial charge in [0.15, 0.2) is 5.82 Å². The standard InChI is InChI=1S/C13H19N3O/c1-5-6-10-7-8-16(15-10)12-11(17)13(3,4)9(2)14-12/h7-8,17H,5-6H2,1-4H3. The van der Waals surface area contributed by atoms with E-state index < -0.39 is 0 Å². The van der Waals surface area contributed by atoms with Crippen molar-refractivity contribution in [1.82, 2.24) is 9.78 Å². The number of aliphatic hydroxyl groups excluding tert-OH is 1. The van der Waals surface area contributed by atoms with Crippen LogP contribution in [0.3, 0.4) is 0 Å². The molecule has 0 amide bonds. The highest BCUT2D eigenvalue weighted by atomic mass is 16.3. The summed E-state index contributed by atoms with van der Waals surface area (Å²) in [4.78, 5) is 4.41. The van der Waals surface area contributed by atoms with Crippen LogP contribution in [0.4, 0.5) is 0 Å². The van der Waals surface area contributed by atoms with Crippen molar-refractivity contribution in [2.75, 3.05) is 0 Å². The van der Waals surface area contributed by atoms with Gasteiger partial charge in [0, 0.05) is 11.9 Å². The molecule has 0 fully saturated rings. The lowest BCUT2D eigenvalue weighted by Crippen LogP contribution is -2.20. The molecule has 4 heteroatoms. The van der Waals surface area contributed by atoms with E-state index in [4.69, 9.17) is 0 Å². The lowest BCUT2D eigenvalue weighted by Gasteiger charge is -2.17. The predicted octanol–water partition coefficient (Wildman–Crippen LogP) is 3.02. The summed E-state index contributed by atoms with van der Waals surface area (Å²) in [6, 6.07) is 1.97. The molecule has 0 saturated carbocycles. The maximum Gasteiger partial charge on any atom is 0.192 e. The molecule has 17 heavy (non-hydrogen) atoms. The zero-order valence-corrected chi connectivity index (χ0v) is 10.9. The molecule has 0 radical (unpaired) electrons. The third-order valence-electron chi connectivity index (χ3n) is 3.35. The summed E-state index contributed by atoms with van der Waals surface area (Å²) in [6.07, 6.45) is 3.87. The lowest BCUT2D eigenvalue weighted by atomic mass is 9.88. The second-order valence-corrected chi connectivity index (χ2v) is 5.00. The molecule has 2 rings (SSSR count). The van der Waals surface area contributed by atoms with Crippen molar-refractivity contribution in [3.63, 3.8) is 0 Å². The van der Waals surface area contributed by atoms with Crippen LogP contribution in [-0.4, -0.2) is 20.6 Å². The molecular formula is C13H19N3O. The third kappa shape index (κ3) is 1.88. The maximum atomic E-state index is 10.2. The third-order valence-corrected chi connectivity index (χ3v) is 3.35. The van der Waals surface area contributed by atoms with Gasteiger partial charge in [-0.1, -0.05) is 13.3 Å². The SMILES string of the molecule is CCCc1ccn(C2=C(O)C(C)(C)C(C)=N2)n1. The van der Waals surface area contributed by atoms with Crippen LogP contribution in [0.5, 0.6) is 0 Å². The first-order chi connectivity index (χ1) is 7.96. The minimum Gasteiger partial charge on any atom is -0.507 e. The van der Waals surface area contributed by atoms with Crippen LogP contribution >= 0.6 is 0 Å². The Hall–Kier alpha value is -1.58. The Labute approximate surface area is 102 Å². The van der Waals surface area contributed by atoms with E-state index in [0.717, 1.165) is 24.2 Å². The molecule has 0 bridgehead atoms. The first-order valence-corrected chi connectivity index (χ1v) is 6.01. The first-order valence-electron chi connectivity index (χ1n) is 6.01. The largest absolute Gasteiger partial charge is 0.507 e. The van der Waals surface area contributed by atoms with Crippen LogP contribution in [0.1, 0.15) is 39.8 Å². The van der Waals surface area contributed by atoms with Crippen molar-refractivity contribution in [3.8, 4) is 0 Å². The van der Waals surface area contributed by atoms with Gasteiger partial charge in [0.05, 0.1) is 11.1 Å². The number of nitrogens with zero attached hydrogens (tertiary/aromatic N) is 3. The number of hydrogen-bond donors (Lipinski definition) is 1. The quantitative estimate of drug-likeness (QED) is 0.872. The fraction of sp³-hybridized carbons (Fsp3) is 0.538. The molecule has 92 valence electrons. The van der Waals surface area contributed by atoms with Gasteiger partial charge in [-0.3, -0.25) is 0 Å². The van der Waals surface area contributed by atoms with Gasteiger partial charge in [-0.2, -0.15) is 5.10 Å². The van der Waals surface area contributed by atoms with E-state index in [9.17, 15) is 5.11 Å². The summed E-state index contributed by atoms with van der Waals surface area (Å²) >= 11 is 0. The molecule has 1 aromatic rings. The van der Waals surface area contributed by atoms with Gasteiger partial charge in [-0.25, -0.2) is 9.67 Å². The highest BCUT2D eigenvalue weighted by Gasteiger charge is 2.36. The first kappa shape index (κ1) is 11.9. The summed E-state index contributed by atoms with van der Waals surface area (Å²) in [6.45, 7) is 7.98. The van der Waals surface area contributed by atoms with Crippen molar-refractivity contribution in [3.05, 3.63) is 23.7 Å². The Morgan fingerprint density at radius 1 is 1.41 bits per heavy atom. The molecule has 1 aliphatic rings. The van der Waals surface area contributed by atoms with Crippen molar-refractivity contribution in [2.45, 2.75) is 40.5 Å². The van der Waals surface area contributed by atoms with Gasteiger partial charge in [0.2, 0.25) is 0 Å². The summed E-state index contributed by atoms with van der Waals surface area (Å²) in [7, 11) is 0. The Morgan fingerprint density at radius 2 is 2.12 bits per heavy atom. The molecular weight excluding hydrogens is 214 g/mol. The van der Waals surface area contributed by atoms with Gasteiger partial charge in [0.25, 0.3) is 0 Å². The van der Waals surface area contributed by atoms with Crippen molar-refractivity contribution < 1.29 is 5.11 Å². The fourth-order valence-corrected chi connectivity index (χ4v) is 1.83. The molecule has 1 aliphatic heterocycles. The van der Waals surface area contributed by atoms with Gasteiger partial charge < -0.3 is 5.11 Å². The number of aromatic nitrogens is 2. The van der Waals surface area contributed by atoms with Crippen LogP contribution in [0.2, 0.25) is 0 Å². The Morgan fingerprint density at radius 3 is 2.65 bits per heavy atom. The number of aryl methyl sites for hydroxylation is 1. The highest BCUT2D eigenvalue weighted by Crippen LogP contribution is 2.36. The van der Waals surface area contributed by atoms with Gasteiger partial charge in [0.1, 0.15) is 5.76 Å². The van der Waals surface area contributed by atoms with E-state index >= 15 is 0 Å². The predicted molar refractivity (Wildman–Crippen MR) is 69.0 cm³/mol. The Bertz CT molecular complexity index is 495. The van der Waals surface area contributed by atoms with Gasteiger partial charge >= 0.3 is 0 Å². The zero-order chi connectivity index (χ0) is 12.6. The van der Waals surface area contributed by atoms with Crippen LogP contribution < -0.4 is 0 Å². The van der Waals surface area contributed by atoms with Crippen molar-refractivity contribution >= 4 is 11.5 Å². The van der Waals surface area contributed by atoms with E-state index in [2.05, 4.69) is 17.0 Å². The number of aliphatic imine (C=N–C) groups is 1. The fourth-order valence-electron chi connectivity index (χ4n) is 1.83. The van der Waals surface area contributed by atoms with E-state index in [0.29, 0.717) is 11.6 Å². The Balaban J connectivity index is 2.37. The second-order valence-electron chi connectivity index (χ2n) is 5.00. The van der Waals surface area contributed by atoms with E-state index in [1.807, 2.05) is 33.0 Å². The maximum absolute atomic E-state index is 10.2. The van der Waals surface area contributed by atoms with E-state index in [1.54, 1.807) is 4.68 Å². The highest BCUT2D eigenvalue weighted by molar-refractivity contribution is 5.97. The molecule has 2 heterocycles. The molecule has 0 aliphatic carbocycles. The molecule has 1 aromatic heterocycles. The summed E-state index contributed by atoms with van der Waals surface area (Å²) in [5.74, 6) is 0.844. The number of hydrogen-bond acceptors (Lipinski definition) is 3. The second kappa shape index (κ2) is 4.02. The van der Waals surface area contributed by atoms with Crippen LogP contribution in [0.15, 0.2) is 23.0 Å². The van der Waals surface area contributed by atoms with Crippen LogP contribution in [-0.2, 0) is 6.42 Å². The lowest BCUT2D eigenvalue weighted by molar-refractivity contribution is 0.322. The van der Waals surface area contributed by atoms with Crippen LogP contribution in [0.25, 0.3) is 5.82 Å². The molecule has 0 saturated heterocycles. The minimum atomic E-state index is -0.383. The van der Waals surface area contributed by atoms with Crippen molar-refractivity contribution in [2.24, 2.45) is 10.4 Å². The summed E-state index contributed by atoms with van der Waals surface area (Å²) < 4.78 is 1.67. The van der Waals surface area contributed by atoms with E-state index in [1.165, 1.54) is 0 Å². The number of aliphatic hydroxyl groups is 1.